The number of anilines is 1. The molecule has 1 aromatic heterocycles. The third-order valence-electron chi connectivity index (χ3n) is 3.97. The third kappa shape index (κ3) is 5.85. The van der Waals surface area contributed by atoms with E-state index in [1.54, 1.807) is 0 Å². The molecule has 0 aliphatic rings. The summed E-state index contributed by atoms with van der Waals surface area (Å²) in [7, 11) is 1.44. The van der Waals surface area contributed by atoms with Gasteiger partial charge in [-0.2, -0.15) is 13.2 Å². The molecule has 0 aliphatic carbocycles. The number of rotatable bonds is 8. The molecule has 2 N–H and O–H groups in total. The fraction of sp³-hybridized carbons (Fsp3) is 0.263. The van der Waals surface area contributed by atoms with Crippen molar-refractivity contribution in [2.24, 2.45) is 0 Å². The summed E-state index contributed by atoms with van der Waals surface area (Å²) in [6.07, 6.45) is -4.60. The molecular weight excluding hydrogens is 445 g/mol. The zero-order chi connectivity index (χ0) is 22.6. The lowest BCUT2D eigenvalue weighted by Gasteiger charge is -2.15. The topological polar surface area (TPSA) is 76.2 Å². The minimum atomic E-state index is -4.60. The molecule has 6 nitrogen and oxygen atoms in total. The highest BCUT2D eigenvalue weighted by Crippen LogP contribution is 2.35. The van der Waals surface area contributed by atoms with Gasteiger partial charge in [-0.1, -0.05) is 11.8 Å². The van der Waals surface area contributed by atoms with Gasteiger partial charge in [-0.25, -0.2) is 13.8 Å². The van der Waals surface area contributed by atoms with Gasteiger partial charge in [-0.05, 0) is 18.2 Å². The maximum absolute atomic E-state index is 13.3. The van der Waals surface area contributed by atoms with Crippen LogP contribution in [-0.4, -0.2) is 42.0 Å². The molecule has 0 bridgehead atoms. The second-order valence-electron chi connectivity index (χ2n) is 6.21. The number of amides is 1. The number of H-pyrrole nitrogens is 1. The molecule has 166 valence electrons. The van der Waals surface area contributed by atoms with Gasteiger partial charge < -0.3 is 19.8 Å². The van der Waals surface area contributed by atoms with Crippen molar-refractivity contribution in [3.05, 3.63) is 47.5 Å². The Hall–Kier alpha value is -2.86. The van der Waals surface area contributed by atoms with Crippen molar-refractivity contribution in [1.82, 2.24) is 9.97 Å². The number of fused-ring (bicyclic) bond motifs is 1. The molecule has 2 aromatic carbocycles. The minimum absolute atomic E-state index is 0.0538. The molecule has 1 heterocycles. The van der Waals surface area contributed by atoms with Gasteiger partial charge in [0.1, 0.15) is 12.4 Å². The van der Waals surface area contributed by atoms with Gasteiger partial charge in [0, 0.05) is 19.2 Å². The predicted molar refractivity (Wildman–Crippen MR) is 104 cm³/mol. The number of aromatic nitrogens is 2. The molecule has 3 rings (SSSR count). The Morgan fingerprint density at radius 3 is 2.61 bits per heavy atom. The summed E-state index contributed by atoms with van der Waals surface area (Å²) < 4.78 is 75.9. The smallest absolute Gasteiger partial charge is 0.416 e. The first kappa shape index (κ1) is 22.8. The summed E-state index contributed by atoms with van der Waals surface area (Å²) in [5.41, 5.74) is -0.678. The highest BCUT2D eigenvalue weighted by Gasteiger charge is 2.31. The zero-order valence-corrected chi connectivity index (χ0v) is 16.8. The van der Waals surface area contributed by atoms with Crippen molar-refractivity contribution in [2.45, 2.75) is 11.3 Å². The molecular formula is C19H16F5N3O3S. The summed E-state index contributed by atoms with van der Waals surface area (Å²) in [6, 6.07) is 4.59. The summed E-state index contributed by atoms with van der Waals surface area (Å²) in [6.45, 7) is 0.281. The average molecular weight is 461 g/mol. The Morgan fingerprint density at radius 1 is 1.16 bits per heavy atom. The number of carbonyl (C=O) groups excluding carboxylic acids is 1. The van der Waals surface area contributed by atoms with Gasteiger partial charge in [0.2, 0.25) is 5.91 Å². The molecule has 0 fully saturated rings. The largest absolute Gasteiger partial charge is 0.489 e. The maximum atomic E-state index is 13.3. The van der Waals surface area contributed by atoms with Gasteiger partial charge in [0.25, 0.3) is 0 Å². The molecule has 0 unspecified atom stereocenters. The van der Waals surface area contributed by atoms with Crippen LogP contribution in [0.4, 0.5) is 27.6 Å². The van der Waals surface area contributed by atoms with E-state index in [-0.39, 0.29) is 46.6 Å². The van der Waals surface area contributed by atoms with E-state index in [0.717, 1.165) is 42.1 Å². The van der Waals surface area contributed by atoms with E-state index in [4.69, 9.17) is 9.47 Å². The van der Waals surface area contributed by atoms with Gasteiger partial charge in [-0.3, -0.25) is 4.79 Å². The van der Waals surface area contributed by atoms with Crippen molar-refractivity contribution < 1.29 is 36.2 Å². The summed E-state index contributed by atoms with van der Waals surface area (Å²) in [5, 5.41) is 2.60. The lowest BCUT2D eigenvalue weighted by molar-refractivity contribution is -0.137. The molecule has 0 spiro atoms. The van der Waals surface area contributed by atoms with E-state index < -0.39 is 29.3 Å². The number of alkyl halides is 3. The Balaban J connectivity index is 1.71. The summed E-state index contributed by atoms with van der Waals surface area (Å²) >= 11 is 0.916. The van der Waals surface area contributed by atoms with Crippen LogP contribution >= 0.6 is 11.8 Å². The van der Waals surface area contributed by atoms with E-state index in [1.807, 2.05) is 0 Å². The van der Waals surface area contributed by atoms with Crippen molar-refractivity contribution >= 4 is 34.4 Å². The first-order chi connectivity index (χ1) is 14.7. The van der Waals surface area contributed by atoms with Gasteiger partial charge in [0.15, 0.2) is 16.8 Å². The average Bonchev–Trinajstić information content (AvgIpc) is 3.08. The highest BCUT2D eigenvalue weighted by molar-refractivity contribution is 7.99. The van der Waals surface area contributed by atoms with Crippen LogP contribution in [0.2, 0.25) is 0 Å². The number of nitrogens with zero attached hydrogens (tertiary/aromatic N) is 1. The van der Waals surface area contributed by atoms with Crippen molar-refractivity contribution in [3.8, 4) is 5.75 Å². The quantitative estimate of drug-likeness (QED) is 0.291. The maximum Gasteiger partial charge on any atom is 0.416 e. The third-order valence-corrected chi connectivity index (χ3v) is 4.84. The van der Waals surface area contributed by atoms with Crippen LogP contribution in [0, 0.1) is 11.6 Å². The summed E-state index contributed by atoms with van der Waals surface area (Å²) in [4.78, 5) is 19.1. The summed E-state index contributed by atoms with van der Waals surface area (Å²) in [5.74, 6) is -2.90. The Morgan fingerprint density at radius 2 is 1.90 bits per heavy atom. The Bertz CT molecular complexity index is 1050. The number of aromatic amines is 1. The highest BCUT2D eigenvalue weighted by atomic mass is 32.2. The number of imidazole rings is 1. The monoisotopic (exact) mass is 461 g/mol. The molecule has 31 heavy (non-hydrogen) atoms. The van der Waals surface area contributed by atoms with Crippen molar-refractivity contribution in [2.75, 3.05) is 31.4 Å². The fourth-order valence-corrected chi connectivity index (χ4v) is 3.22. The zero-order valence-electron chi connectivity index (χ0n) is 16.0. The minimum Gasteiger partial charge on any atom is -0.489 e. The van der Waals surface area contributed by atoms with Crippen molar-refractivity contribution in [1.29, 1.82) is 0 Å². The van der Waals surface area contributed by atoms with Crippen LogP contribution in [0.25, 0.3) is 11.0 Å². The number of hydrogen-bond acceptors (Lipinski definition) is 5. The molecule has 1 amide bonds. The molecule has 3 aromatic rings. The number of halogens is 5. The molecule has 0 atom stereocenters. The first-order valence-electron chi connectivity index (χ1n) is 8.78. The second kappa shape index (κ2) is 9.52. The molecule has 0 radical (unpaired) electrons. The number of thioether (sulfide) groups is 1. The number of nitrogens with one attached hydrogen (secondary N) is 2. The van der Waals surface area contributed by atoms with E-state index >= 15 is 0 Å². The molecule has 0 saturated carbocycles. The molecule has 0 saturated heterocycles. The number of carbonyl (C=O) groups is 1. The lowest BCUT2D eigenvalue weighted by atomic mass is 10.1. The van der Waals surface area contributed by atoms with Crippen LogP contribution in [0.15, 0.2) is 35.5 Å². The number of hydrogen-bond donors (Lipinski definition) is 2. The second-order valence-corrected chi connectivity index (χ2v) is 7.18. The van der Waals surface area contributed by atoms with E-state index in [0.29, 0.717) is 0 Å². The van der Waals surface area contributed by atoms with E-state index in [2.05, 4.69) is 15.3 Å². The molecule has 0 aliphatic heterocycles. The number of benzene rings is 2. The van der Waals surface area contributed by atoms with Crippen LogP contribution in [0.5, 0.6) is 5.75 Å². The number of methoxy groups -OCH3 is 1. The van der Waals surface area contributed by atoms with Crippen LogP contribution in [0.3, 0.4) is 0 Å². The van der Waals surface area contributed by atoms with Gasteiger partial charge in [0.05, 0.1) is 34.6 Å². The van der Waals surface area contributed by atoms with Crippen LogP contribution in [0.1, 0.15) is 5.56 Å². The normalized spacial score (nSPS) is 11.7. The Labute approximate surface area is 177 Å². The lowest BCUT2D eigenvalue weighted by Crippen LogP contribution is -2.17. The van der Waals surface area contributed by atoms with Crippen LogP contribution < -0.4 is 10.1 Å². The molecule has 12 heteroatoms. The Kier molecular flexibility index (Phi) is 7.01. The van der Waals surface area contributed by atoms with E-state index in [9.17, 15) is 26.7 Å². The van der Waals surface area contributed by atoms with Gasteiger partial charge >= 0.3 is 6.18 Å². The van der Waals surface area contributed by atoms with Gasteiger partial charge in [-0.15, -0.1) is 0 Å². The predicted octanol–water partition coefficient (Wildman–Crippen LogP) is 4.62. The van der Waals surface area contributed by atoms with E-state index in [1.165, 1.54) is 7.11 Å². The number of ether oxygens (including phenoxy) is 2. The SMILES string of the molecule is COCCOc1ccc(C(F)(F)F)cc1NC(=O)CSc1nc2cc(F)c(F)cc2[nH]1. The first-order valence-corrected chi connectivity index (χ1v) is 9.76. The van der Waals surface area contributed by atoms with Crippen molar-refractivity contribution in [3.63, 3.8) is 0 Å². The van der Waals surface area contributed by atoms with Crippen LogP contribution in [-0.2, 0) is 15.7 Å². The fourth-order valence-electron chi connectivity index (χ4n) is 2.53. The standard InChI is InChI=1S/C19H16F5N3O3S/c1-29-4-5-30-16-3-2-10(19(22,23)24)6-15(16)25-17(28)9-31-18-26-13-7-11(20)12(21)8-14(13)27-18/h2-3,6-8H,4-5,9H2,1H3,(H,25,28)(H,26,27).